The number of nitrogens with one attached hydrogen (secondary N) is 10. The van der Waals surface area contributed by atoms with E-state index in [1.54, 1.807) is 119 Å². The molecule has 646 valence electrons. The van der Waals surface area contributed by atoms with Gasteiger partial charge in [-0.05, 0) is 96.7 Å². The van der Waals surface area contributed by atoms with Crippen molar-refractivity contribution in [2.75, 3.05) is 66.4 Å². The van der Waals surface area contributed by atoms with Gasteiger partial charge in [-0.3, -0.25) is 71.9 Å². The number of phenolic OH excluding ortho intramolecular Hbond substituents is 2. The fourth-order valence-corrected chi connectivity index (χ4v) is 14.7. The minimum atomic E-state index is -1.57. The number of carbonyl (C=O) groups excluding carboxylic acids is 15. The molecular weight excluding hydrogens is 1560 g/mol. The molecule has 2 heterocycles. The van der Waals surface area contributed by atoms with Crippen molar-refractivity contribution in [2.45, 2.75) is 173 Å². The Balaban J connectivity index is 1.29. The predicted octanol–water partition coefficient (Wildman–Crippen LogP) is 1.65. The van der Waals surface area contributed by atoms with Gasteiger partial charge in [-0.25, -0.2) is 0 Å². The molecule has 1 saturated heterocycles. The summed E-state index contributed by atoms with van der Waals surface area (Å²) < 4.78 is 0. The fraction of sp³-hybridized carbons (Fsp3) is 0.453. The highest BCUT2D eigenvalue weighted by atomic mass is 32.2. The van der Waals surface area contributed by atoms with Crippen molar-refractivity contribution in [1.29, 1.82) is 0 Å². The maximum absolute atomic E-state index is 15.3. The Morgan fingerprint density at radius 1 is 0.483 bits per heavy atom. The van der Waals surface area contributed by atoms with Crippen molar-refractivity contribution in [2.24, 2.45) is 17.6 Å². The lowest BCUT2D eigenvalue weighted by Crippen LogP contribution is -2.61. The molecule has 15 amide bonds. The van der Waals surface area contributed by atoms with E-state index in [2.05, 4.69) is 52.8 Å². The van der Waals surface area contributed by atoms with Crippen molar-refractivity contribution >= 4 is 111 Å². The van der Waals surface area contributed by atoms with Gasteiger partial charge in [0.15, 0.2) is 0 Å². The number of amides is 15. The predicted molar refractivity (Wildman–Crippen MR) is 451 cm³/mol. The number of aromatic nitrogens is 1. The number of H-pyrrole nitrogens is 1. The average Bonchev–Trinajstić information content (AvgIpc) is 1.64. The van der Waals surface area contributed by atoms with Gasteiger partial charge in [0.05, 0.1) is 25.4 Å². The smallest absolute Gasteiger partial charge is 0.246 e. The van der Waals surface area contributed by atoms with Crippen LogP contribution in [0.2, 0.25) is 0 Å². The maximum Gasteiger partial charge on any atom is 0.246 e. The number of fused-ring (bicyclic) bond motifs is 1. The molecule has 1 aromatic heterocycles. The van der Waals surface area contributed by atoms with E-state index in [0.717, 1.165) is 26.5 Å². The number of nitrogens with two attached hydrogens (primary N) is 1. The quantitative estimate of drug-likeness (QED) is 0.0548. The molecule has 1 fully saturated rings. The van der Waals surface area contributed by atoms with Gasteiger partial charge < -0.3 is 93.3 Å². The number of aromatic hydroxyl groups is 2. The number of primary amides is 1. The summed E-state index contributed by atoms with van der Waals surface area (Å²) in [6, 6.07) is 20.6. The van der Waals surface area contributed by atoms with Crippen LogP contribution in [0.25, 0.3) is 10.9 Å². The fourth-order valence-electron chi connectivity index (χ4n) is 13.8. The normalized spacial score (nSPS) is 22.7. The van der Waals surface area contributed by atoms with Crippen LogP contribution in [-0.2, 0) is 104 Å². The molecule has 7 rings (SSSR count). The first-order valence-corrected chi connectivity index (χ1v) is 41.1. The molecule has 0 aliphatic carbocycles. The van der Waals surface area contributed by atoms with Crippen molar-refractivity contribution < 1.29 is 82.1 Å². The second-order valence-corrected chi connectivity index (χ2v) is 32.1. The number of thioether (sulfide) groups is 1. The summed E-state index contributed by atoms with van der Waals surface area (Å²) >= 11 is 0.844. The summed E-state index contributed by atoms with van der Waals surface area (Å²) in [5, 5.41) is 45.4. The molecular formula is C86H114N16O17S. The SMILES string of the molecule is CCCC[C@H]1C(=O)N(C)CC(=O)N[C@@H](C)C(=O)N[C@@H](C(C)C)C(=O)N(C)[C@@H](Cc2ccccc2)C(=O)N[C@@H](Cc2ccc(O)cc2)C(=O)N(C)CC(=O)N[C@@H](Cc2c[nH]c3ccccc23)C(=O)N[C@@H](Cc2ccc(O)cc2)C(=O)N[C@@H](CC(C)C)C(=O)N[C@H](C(=O)NCC(N)=O)CSCC(=O)N[C@@H](C)C(=O)N(C)[C@@H](Cc2ccccc2)C(=O)N1C. The summed E-state index contributed by atoms with van der Waals surface area (Å²) in [7, 11) is 6.78. The van der Waals surface area contributed by atoms with Crippen LogP contribution < -0.4 is 53.6 Å². The van der Waals surface area contributed by atoms with Crippen LogP contribution >= 0.6 is 11.8 Å². The third-order valence-corrected chi connectivity index (χ3v) is 21.7. The van der Waals surface area contributed by atoms with Gasteiger partial charge in [0, 0.05) is 90.2 Å². The molecule has 0 unspecified atom stereocenters. The van der Waals surface area contributed by atoms with Crippen molar-refractivity contribution in [3.05, 3.63) is 167 Å². The van der Waals surface area contributed by atoms with Crippen LogP contribution in [0, 0.1) is 11.8 Å². The minimum Gasteiger partial charge on any atom is -0.508 e. The van der Waals surface area contributed by atoms with E-state index >= 15 is 28.8 Å². The highest BCUT2D eigenvalue weighted by molar-refractivity contribution is 8.00. The van der Waals surface area contributed by atoms with Gasteiger partial charge >= 0.3 is 0 Å². The lowest BCUT2D eigenvalue weighted by Gasteiger charge is -2.36. The molecule has 0 saturated carbocycles. The number of unbranched alkanes of at least 4 members (excludes halogenated alkanes) is 1. The average molecular weight is 1680 g/mol. The largest absolute Gasteiger partial charge is 0.508 e. The zero-order chi connectivity index (χ0) is 88.2. The lowest BCUT2D eigenvalue weighted by molar-refractivity contribution is -0.151. The number of hydrogen-bond acceptors (Lipinski definition) is 18. The lowest BCUT2D eigenvalue weighted by atomic mass is 9.98. The van der Waals surface area contributed by atoms with Gasteiger partial charge in [-0.15, -0.1) is 11.8 Å². The van der Waals surface area contributed by atoms with E-state index < -0.39 is 186 Å². The van der Waals surface area contributed by atoms with E-state index in [-0.39, 0.29) is 68.1 Å². The summed E-state index contributed by atoms with van der Waals surface area (Å²) in [5.74, 6) is -14.3. The number of hydrogen-bond donors (Lipinski definition) is 13. The van der Waals surface area contributed by atoms with Crippen LogP contribution in [0.1, 0.15) is 102 Å². The molecule has 1 aliphatic heterocycles. The number of phenols is 2. The van der Waals surface area contributed by atoms with E-state index in [1.165, 1.54) is 107 Å². The molecule has 34 heteroatoms. The number of aromatic amines is 1. The molecule has 5 aromatic carbocycles. The molecule has 0 radical (unpaired) electrons. The molecule has 11 atom stereocenters. The molecule has 33 nitrogen and oxygen atoms in total. The Bertz CT molecular complexity index is 4570. The Morgan fingerprint density at radius 3 is 1.53 bits per heavy atom. The van der Waals surface area contributed by atoms with Crippen LogP contribution in [-0.4, -0.2) is 261 Å². The molecule has 0 spiro atoms. The number of nitrogens with zero attached hydrogens (tertiary/aromatic N) is 5. The van der Waals surface area contributed by atoms with Crippen LogP contribution in [0.5, 0.6) is 11.5 Å². The minimum absolute atomic E-state index is 0.0551. The second-order valence-electron chi connectivity index (χ2n) is 31.1. The number of rotatable bonds is 19. The molecule has 14 N–H and O–H groups in total. The number of benzene rings is 5. The standard InChI is InChI=1S/C86H114N16O17S/c1-13-14-29-68-84(117)99(9)46-72(106)90-52(6)76(109)97-75(51(4)5)86(119)101(11)69(41-54-23-17-15-18-24-54)81(114)95-66(40-57-32-36-60(104)37-33-57)83(116)98(8)47-73(107)92-65(43-58-44-88-62-28-22-21-27-61(58)62)80(113)94-64(39-56-30-34-59(103)35-31-56)79(112)93-63(38-50(2)3)78(111)96-67(77(110)89-45-71(87)105)48-120-49-74(108)91-53(7)82(115)102(12)70(85(118)100(68)10)42-55-25-19-16-20-26-55/h15-28,30-37,44,50-53,63-70,75,88,103-104H,13-14,29,38-43,45-49H2,1-12H3,(H2,87,105)(H,89,110)(H,90,106)(H,91,108)(H,92,107)(H,93,112)(H,94,113)(H,95,114)(H,96,111)(H,97,109)/t52-,53-,63-,64-,65-,66-,67-,68-,69-,70-,75-/m0/s1. The Hall–Kier alpha value is -12.4. The molecule has 1 aliphatic rings. The molecule has 6 aromatic rings. The monoisotopic (exact) mass is 1670 g/mol. The van der Waals surface area contributed by atoms with E-state index in [4.69, 9.17) is 5.73 Å². The highest BCUT2D eigenvalue weighted by Gasteiger charge is 2.41. The van der Waals surface area contributed by atoms with Gasteiger partial charge in [-0.2, -0.15) is 0 Å². The first kappa shape index (κ1) is 94.8. The van der Waals surface area contributed by atoms with E-state index in [1.807, 2.05) is 6.92 Å². The maximum atomic E-state index is 15.3. The summed E-state index contributed by atoms with van der Waals surface area (Å²) in [5.41, 5.74) is 8.69. The van der Waals surface area contributed by atoms with Crippen molar-refractivity contribution in [1.82, 2.24) is 77.3 Å². The van der Waals surface area contributed by atoms with Gasteiger partial charge in [-0.1, -0.05) is 151 Å². The molecule has 0 bridgehead atoms. The Labute approximate surface area is 702 Å². The topological polar surface area (TPSA) is 463 Å². The molecule has 120 heavy (non-hydrogen) atoms. The Kier molecular flexibility index (Phi) is 36.0. The van der Waals surface area contributed by atoms with Gasteiger partial charge in [0.25, 0.3) is 0 Å². The zero-order valence-corrected chi connectivity index (χ0v) is 70.7. The van der Waals surface area contributed by atoms with Crippen molar-refractivity contribution in [3.8, 4) is 11.5 Å². The van der Waals surface area contributed by atoms with Crippen LogP contribution in [0.4, 0.5) is 0 Å². The van der Waals surface area contributed by atoms with Gasteiger partial charge in [0.2, 0.25) is 88.6 Å². The third-order valence-electron chi connectivity index (χ3n) is 20.6. The summed E-state index contributed by atoms with van der Waals surface area (Å²) in [4.78, 5) is 227. The van der Waals surface area contributed by atoms with Crippen LogP contribution in [0.3, 0.4) is 0 Å². The van der Waals surface area contributed by atoms with Crippen LogP contribution in [0.15, 0.2) is 140 Å². The number of carbonyl (C=O) groups is 15. The Morgan fingerprint density at radius 2 is 0.967 bits per heavy atom. The first-order chi connectivity index (χ1) is 56.9. The number of para-hydroxylation sites is 1. The highest BCUT2D eigenvalue weighted by Crippen LogP contribution is 2.24. The van der Waals surface area contributed by atoms with E-state index in [0.29, 0.717) is 51.6 Å². The number of likely N-dealkylation sites (N-methyl/N-ethyl adjacent to an activating group) is 5. The zero-order valence-electron chi connectivity index (χ0n) is 69.9. The summed E-state index contributed by atoms with van der Waals surface area (Å²) in [6.45, 7) is 9.44. The second kappa shape index (κ2) is 45.5. The van der Waals surface area contributed by atoms with Crippen molar-refractivity contribution in [3.63, 3.8) is 0 Å². The first-order valence-electron chi connectivity index (χ1n) is 40.0. The summed E-state index contributed by atoms with van der Waals surface area (Å²) in [6.07, 6.45) is 1.79. The third kappa shape index (κ3) is 28.2. The van der Waals surface area contributed by atoms with Gasteiger partial charge in [0.1, 0.15) is 78.0 Å². The van der Waals surface area contributed by atoms with E-state index in [9.17, 15) is 53.4 Å².